The fourth-order valence-corrected chi connectivity index (χ4v) is 3.06. The maximum atomic E-state index is 5.30. The Balaban J connectivity index is 2.14. The zero-order valence-corrected chi connectivity index (χ0v) is 16.2. The third-order valence-electron chi connectivity index (χ3n) is 4.18. The Bertz CT molecular complexity index is 863. The molecule has 0 saturated heterocycles. The average Bonchev–Trinajstić information content (AvgIpc) is 2.64. The monoisotopic (exact) mass is 394 g/mol. The summed E-state index contributed by atoms with van der Waals surface area (Å²) in [6.45, 7) is 0. The van der Waals surface area contributed by atoms with Gasteiger partial charge in [-0.2, -0.15) is 0 Å². The molecule has 1 aliphatic carbocycles. The van der Waals surface area contributed by atoms with E-state index < -0.39 is 0 Å². The van der Waals surface area contributed by atoms with Gasteiger partial charge in [-0.05, 0) is 58.7 Å². The van der Waals surface area contributed by atoms with E-state index in [2.05, 4.69) is 95.3 Å². The topological polar surface area (TPSA) is 12.2 Å². The lowest BCUT2D eigenvalue weighted by Gasteiger charge is -2.14. The SMILES string of the molecule is COc1ccc(C(=C2C=CC(=[N+](C)C)C=C2)c2ccc(Br)cc2)cc1. The molecule has 0 aromatic heterocycles. The van der Waals surface area contributed by atoms with Crippen LogP contribution in [-0.4, -0.2) is 31.5 Å². The van der Waals surface area contributed by atoms with Crippen molar-refractivity contribution in [2.45, 2.75) is 0 Å². The van der Waals surface area contributed by atoms with Crippen LogP contribution in [0, 0.1) is 0 Å². The molecule has 126 valence electrons. The number of hydrogen-bond acceptors (Lipinski definition) is 1. The second kappa shape index (κ2) is 7.66. The molecule has 0 saturated carbocycles. The van der Waals surface area contributed by atoms with Crippen LogP contribution in [0.15, 0.2) is 82.9 Å². The number of methoxy groups -OCH3 is 1. The summed E-state index contributed by atoms with van der Waals surface area (Å²) < 4.78 is 8.48. The first-order valence-corrected chi connectivity index (χ1v) is 8.93. The van der Waals surface area contributed by atoms with Crippen molar-refractivity contribution in [3.05, 3.63) is 94.0 Å². The fraction of sp³-hybridized carbons (Fsp3) is 0.136. The van der Waals surface area contributed by atoms with Gasteiger partial charge < -0.3 is 4.74 Å². The lowest BCUT2D eigenvalue weighted by atomic mass is 9.91. The smallest absolute Gasteiger partial charge is 0.199 e. The Morgan fingerprint density at radius 3 is 1.80 bits per heavy atom. The van der Waals surface area contributed by atoms with Crippen molar-refractivity contribution in [1.29, 1.82) is 0 Å². The molecule has 3 rings (SSSR count). The fourth-order valence-electron chi connectivity index (χ4n) is 2.80. The second-order valence-electron chi connectivity index (χ2n) is 6.05. The van der Waals surface area contributed by atoms with E-state index in [1.165, 1.54) is 28.0 Å². The molecule has 0 spiro atoms. The summed E-state index contributed by atoms with van der Waals surface area (Å²) in [7, 11) is 5.80. The minimum atomic E-state index is 0.863. The minimum Gasteiger partial charge on any atom is -0.497 e. The number of nitrogens with zero attached hydrogens (tertiary/aromatic N) is 1. The quantitative estimate of drug-likeness (QED) is 0.659. The standard InChI is InChI=1S/C22H21BrNO/c1-24(2)20-12-6-17(7-13-20)22(16-4-10-19(23)11-5-16)18-8-14-21(25-3)15-9-18/h4-15H,1-3H3/q+1. The van der Waals surface area contributed by atoms with E-state index in [9.17, 15) is 0 Å². The van der Waals surface area contributed by atoms with E-state index in [4.69, 9.17) is 4.74 Å². The molecule has 0 aliphatic heterocycles. The Labute approximate surface area is 157 Å². The van der Waals surface area contributed by atoms with Crippen molar-refractivity contribution in [1.82, 2.24) is 0 Å². The second-order valence-corrected chi connectivity index (χ2v) is 6.97. The summed E-state index contributed by atoms with van der Waals surface area (Å²) in [6, 6.07) is 16.7. The molecule has 0 heterocycles. The van der Waals surface area contributed by atoms with Crippen molar-refractivity contribution in [3.63, 3.8) is 0 Å². The molecule has 0 atom stereocenters. The average molecular weight is 395 g/mol. The molecule has 1 aliphatic rings. The van der Waals surface area contributed by atoms with Crippen LogP contribution in [-0.2, 0) is 0 Å². The van der Waals surface area contributed by atoms with Crippen LogP contribution in [0.4, 0.5) is 0 Å². The maximum absolute atomic E-state index is 5.30. The molecule has 0 fully saturated rings. The van der Waals surface area contributed by atoms with Gasteiger partial charge in [-0.25, -0.2) is 4.58 Å². The van der Waals surface area contributed by atoms with E-state index in [1.54, 1.807) is 7.11 Å². The number of ether oxygens (including phenoxy) is 1. The lowest BCUT2D eigenvalue weighted by molar-refractivity contribution is -0.462. The van der Waals surface area contributed by atoms with E-state index in [1.807, 2.05) is 12.1 Å². The van der Waals surface area contributed by atoms with E-state index in [0.29, 0.717) is 0 Å². The first-order valence-electron chi connectivity index (χ1n) is 8.13. The van der Waals surface area contributed by atoms with Crippen molar-refractivity contribution >= 4 is 27.2 Å². The highest BCUT2D eigenvalue weighted by Crippen LogP contribution is 2.31. The van der Waals surface area contributed by atoms with Gasteiger partial charge in [0.05, 0.1) is 7.11 Å². The summed E-state index contributed by atoms with van der Waals surface area (Å²) >= 11 is 3.52. The zero-order chi connectivity index (χ0) is 17.8. The molecule has 25 heavy (non-hydrogen) atoms. The highest BCUT2D eigenvalue weighted by Gasteiger charge is 2.13. The molecule has 2 nitrogen and oxygen atoms in total. The van der Waals surface area contributed by atoms with E-state index in [0.717, 1.165) is 10.2 Å². The zero-order valence-electron chi connectivity index (χ0n) is 14.7. The van der Waals surface area contributed by atoms with Crippen molar-refractivity contribution in [2.75, 3.05) is 21.2 Å². The van der Waals surface area contributed by atoms with Gasteiger partial charge in [-0.15, -0.1) is 0 Å². The van der Waals surface area contributed by atoms with Crippen molar-refractivity contribution in [2.24, 2.45) is 0 Å². The van der Waals surface area contributed by atoms with E-state index in [-0.39, 0.29) is 0 Å². The Hall–Kier alpha value is -2.39. The Kier molecular flexibility index (Phi) is 5.34. The molecule has 0 bridgehead atoms. The van der Waals surface area contributed by atoms with Gasteiger partial charge in [0.15, 0.2) is 5.71 Å². The van der Waals surface area contributed by atoms with Gasteiger partial charge in [-0.1, -0.05) is 40.2 Å². The predicted molar refractivity (Wildman–Crippen MR) is 109 cm³/mol. The van der Waals surface area contributed by atoms with Crippen LogP contribution in [0.25, 0.3) is 5.57 Å². The molecular formula is C22H21BrNO+. The Morgan fingerprint density at radius 1 is 0.800 bits per heavy atom. The van der Waals surface area contributed by atoms with Gasteiger partial charge in [0, 0.05) is 16.6 Å². The number of benzene rings is 2. The van der Waals surface area contributed by atoms with Crippen LogP contribution in [0.5, 0.6) is 5.75 Å². The van der Waals surface area contributed by atoms with Gasteiger partial charge >= 0.3 is 0 Å². The molecule has 0 radical (unpaired) electrons. The molecule has 3 heteroatoms. The van der Waals surface area contributed by atoms with Crippen LogP contribution in [0.2, 0.25) is 0 Å². The van der Waals surface area contributed by atoms with E-state index >= 15 is 0 Å². The molecular weight excluding hydrogens is 374 g/mol. The maximum Gasteiger partial charge on any atom is 0.199 e. The van der Waals surface area contributed by atoms with Gasteiger partial charge in [-0.3, -0.25) is 0 Å². The summed E-state index contributed by atoms with van der Waals surface area (Å²) in [5.41, 5.74) is 5.94. The van der Waals surface area contributed by atoms with Crippen molar-refractivity contribution in [3.8, 4) is 5.75 Å². The summed E-state index contributed by atoms with van der Waals surface area (Å²) in [6.07, 6.45) is 8.66. The molecule has 0 unspecified atom stereocenters. The van der Waals surface area contributed by atoms with Crippen LogP contribution < -0.4 is 4.74 Å². The molecule has 2 aromatic rings. The largest absolute Gasteiger partial charge is 0.497 e. The number of rotatable bonds is 3. The van der Waals surface area contributed by atoms with Crippen molar-refractivity contribution < 1.29 is 9.31 Å². The van der Waals surface area contributed by atoms with Gasteiger partial charge in [0.1, 0.15) is 19.8 Å². The highest BCUT2D eigenvalue weighted by molar-refractivity contribution is 9.10. The van der Waals surface area contributed by atoms with Crippen LogP contribution in [0.1, 0.15) is 11.1 Å². The van der Waals surface area contributed by atoms with Gasteiger partial charge in [0.25, 0.3) is 0 Å². The molecule has 2 aromatic carbocycles. The third-order valence-corrected chi connectivity index (χ3v) is 4.71. The minimum absolute atomic E-state index is 0.863. The summed E-state index contributed by atoms with van der Waals surface area (Å²) in [4.78, 5) is 0. The predicted octanol–water partition coefficient (Wildman–Crippen LogP) is 5.10. The first-order chi connectivity index (χ1) is 12.1. The summed E-state index contributed by atoms with van der Waals surface area (Å²) in [5.74, 6) is 0.863. The number of hydrogen-bond donors (Lipinski definition) is 0. The number of halogens is 1. The lowest BCUT2D eigenvalue weighted by Crippen LogP contribution is -2.10. The number of allylic oxidation sites excluding steroid dienone is 5. The van der Waals surface area contributed by atoms with Crippen LogP contribution in [0.3, 0.4) is 0 Å². The first kappa shape index (κ1) is 17.4. The van der Waals surface area contributed by atoms with Crippen LogP contribution >= 0.6 is 15.9 Å². The summed E-state index contributed by atoms with van der Waals surface area (Å²) in [5, 5.41) is 0. The third kappa shape index (κ3) is 3.99. The Morgan fingerprint density at radius 2 is 1.32 bits per heavy atom. The highest BCUT2D eigenvalue weighted by atomic mass is 79.9. The van der Waals surface area contributed by atoms with Gasteiger partial charge in [0.2, 0.25) is 0 Å². The molecule has 0 N–H and O–H groups in total. The molecule has 0 amide bonds. The normalized spacial score (nSPS) is 13.1.